The molecule has 0 radical (unpaired) electrons. The predicted molar refractivity (Wildman–Crippen MR) is 70.4 cm³/mol. The third-order valence-corrected chi connectivity index (χ3v) is 3.52. The number of carboxylic acid groups (broad SMARTS) is 1. The first-order valence-electron chi connectivity index (χ1n) is 6.53. The summed E-state index contributed by atoms with van der Waals surface area (Å²) in [4.78, 5) is 35.7. The molecule has 1 N–H and O–H groups in total. The lowest BCUT2D eigenvalue weighted by Gasteiger charge is -2.16. The Bertz CT molecular complexity index is 581. The summed E-state index contributed by atoms with van der Waals surface area (Å²) >= 11 is 0. The zero-order valence-electron chi connectivity index (χ0n) is 11.3. The number of carboxylic acids is 1. The second kappa shape index (κ2) is 5.85. The van der Waals surface area contributed by atoms with Crippen LogP contribution in [-0.2, 0) is 11.8 Å². The van der Waals surface area contributed by atoms with Crippen LogP contribution in [0.25, 0.3) is 0 Å². The van der Waals surface area contributed by atoms with Crippen LogP contribution in [0.1, 0.15) is 29.8 Å². The highest BCUT2D eigenvalue weighted by Crippen LogP contribution is 2.22. The Morgan fingerprint density at radius 3 is 2.85 bits per heavy atom. The third-order valence-electron chi connectivity index (χ3n) is 3.52. The van der Waals surface area contributed by atoms with Crippen molar-refractivity contribution in [2.45, 2.75) is 19.3 Å². The Labute approximate surface area is 115 Å². The fourth-order valence-corrected chi connectivity index (χ4v) is 2.36. The Morgan fingerprint density at radius 2 is 2.20 bits per heavy atom. The van der Waals surface area contributed by atoms with E-state index in [1.54, 1.807) is 4.90 Å². The van der Waals surface area contributed by atoms with Gasteiger partial charge in [-0.05, 0) is 24.8 Å². The minimum atomic E-state index is -0.811. The highest BCUT2D eigenvalue weighted by Gasteiger charge is 2.28. The molecule has 1 aromatic heterocycles. The number of rotatable bonds is 4. The van der Waals surface area contributed by atoms with E-state index in [2.05, 4.69) is 5.10 Å². The van der Waals surface area contributed by atoms with Crippen molar-refractivity contribution in [2.75, 3.05) is 13.1 Å². The number of hydrogen-bond donors (Lipinski definition) is 1. The largest absolute Gasteiger partial charge is 0.481 e. The van der Waals surface area contributed by atoms with Gasteiger partial charge in [0.2, 0.25) is 0 Å². The van der Waals surface area contributed by atoms with Gasteiger partial charge in [0, 0.05) is 32.6 Å². The van der Waals surface area contributed by atoms with Crippen LogP contribution in [0.15, 0.2) is 16.9 Å². The second-order valence-corrected chi connectivity index (χ2v) is 5.02. The first-order valence-corrected chi connectivity index (χ1v) is 6.53. The molecule has 0 aliphatic carbocycles. The first kappa shape index (κ1) is 14.2. The molecule has 1 amide bonds. The van der Waals surface area contributed by atoms with E-state index in [0.29, 0.717) is 19.5 Å². The number of aryl methyl sites for hydroxylation is 1. The topological polar surface area (TPSA) is 92.5 Å². The van der Waals surface area contributed by atoms with Gasteiger partial charge in [-0.25, -0.2) is 4.68 Å². The normalized spacial score (nSPS) is 18.2. The summed E-state index contributed by atoms with van der Waals surface area (Å²) < 4.78 is 1.13. The van der Waals surface area contributed by atoms with Crippen molar-refractivity contribution in [1.82, 2.24) is 14.7 Å². The lowest BCUT2D eigenvalue weighted by Crippen LogP contribution is -2.31. The molecule has 1 aliphatic heterocycles. The maximum absolute atomic E-state index is 12.2. The van der Waals surface area contributed by atoms with Crippen molar-refractivity contribution < 1.29 is 14.7 Å². The third kappa shape index (κ3) is 3.23. The van der Waals surface area contributed by atoms with Crippen molar-refractivity contribution in [1.29, 1.82) is 0 Å². The molecule has 108 valence electrons. The van der Waals surface area contributed by atoms with E-state index in [-0.39, 0.29) is 29.5 Å². The lowest BCUT2D eigenvalue weighted by molar-refractivity contribution is -0.137. The monoisotopic (exact) mass is 279 g/mol. The standard InChI is InChI=1S/C13H17N3O4/c1-15-11(17)4-3-10(14-15)13(20)16-7-6-9(8-16)2-5-12(18)19/h3-4,9H,2,5-8H2,1H3,(H,18,19). The smallest absolute Gasteiger partial charge is 0.303 e. The SMILES string of the molecule is Cn1nc(C(=O)N2CCC(CCC(=O)O)C2)ccc1=O. The summed E-state index contributed by atoms with van der Waals surface area (Å²) in [7, 11) is 1.50. The maximum Gasteiger partial charge on any atom is 0.303 e. The van der Waals surface area contributed by atoms with Gasteiger partial charge in [0.1, 0.15) is 5.69 Å². The van der Waals surface area contributed by atoms with Crippen LogP contribution in [0.2, 0.25) is 0 Å². The van der Waals surface area contributed by atoms with Crippen LogP contribution in [0.3, 0.4) is 0 Å². The second-order valence-electron chi connectivity index (χ2n) is 5.02. The van der Waals surface area contributed by atoms with Gasteiger partial charge >= 0.3 is 5.97 Å². The zero-order chi connectivity index (χ0) is 14.7. The fraction of sp³-hybridized carbons (Fsp3) is 0.538. The summed E-state index contributed by atoms with van der Waals surface area (Å²) in [6.07, 6.45) is 1.52. The Balaban J connectivity index is 1.98. The summed E-state index contributed by atoms with van der Waals surface area (Å²) in [6, 6.07) is 2.74. The van der Waals surface area contributed by atoms with E-state index in [0.717, 1.165) is 11.1 Å². The van der Waals surface area contributed by atoms with Crippen LogP contribution >= 0.6 is 0 Å². The van der Waals surface area contributed by atoms with Gasteiger partial charge < -0.3 is 10.0 Å². The van der Waals surface area contributed by atoms with Crippen molar-refractivity contribution in [3.8, 4) is 0 Å². The van der Waals surface area contributed by atoms with Crippen LogP contribution < -0.4 is 5.56 Å². The molecule has 0 saturated carbocycles. The van der Waals surface area contributed by atoms with Gasteiger partial charge in [0.25, 0.3) is 11.5 Å². The molecule has 7 heteroatoms. The van der Waals surface area contributed by atoms with Gasteiger partial charge in [0.05, 0.1) is 0 Å². The Hall–Kier alpha value is -2.18. The number of aromatic nitrogens is 2. The molecule has 1 fully saturated rings. The number of hydrogen-bond acceptors (Lipinski definition) is 4. The van der Waals surface area contributed by atoms with Gasteiger partial charge in [-0.2, -0.15) is 5.10 Å². The fourth-order valence-electron chi connectivity index (χ4n) is 2.36. The van der Waals surface area contributed by atoms with Gasteiger partial charge in [0.15, 0.2) is 0 Å². The van der Waals surface area contributed by atoms with E-state index in [1.165, 1.54) is 19.2 Å². The van der Waals surface area contributed by atoms with Crippen molar-refractivity contribution >= 4 is 11.9 Å². The van der Waals surface area contributed by atoms with Gasteiger partial charge in [-0.3, -0.25) is 14.4 Å². The number of carbonyl (C=O) groups is 2. The molecule has 7 nitrogen and oxygen atoms in total. The van der Waals surface area contributed by atoms with E-state index in [4.69, 9.17) is 5.11 Å². The molecule has 0 aromatic carbocycles. The molecule has 1 aliphatic rings. The van der Waals surface area contributed by atoms with Crippen LogP contribution in [0, 0.1) is 5.92 Å². The van der Waals surface area contributed by atoms with Crippen LogP contribution in [-0.4, -0.2) is 44.8 Å². The molecular formula is C13H17N3O4. The highest BCUT2D eigenvalue weighted by molar-refractivity contribution is 5.92. The van der Waals surface area contributed by atoms with Crippen LogP contribution in [0.5, 0.6) is 0 Å². The molecule has 20 heavy (non-hydrogen) atoms. The molecule has 1 unspecified atom stereocenters. The van der Waals surface area contributed by atoms with E-state index in [1.807, 2.05) is 0 Å². The first-order chi connectivity index (χ1) is 9.47. The minimum Gasteiger partial charge on any atom is -0.481 e. The predicted octanol–water partition coefficient (Wildman–Crippen LogP) is 0.107. The maximum atomic E-state index is 12.2. The summed E-state index contributed by atoms with van der Waals surface area (Å²) in [5, 5.41) is 12.6. The molecule has 2 heterocycles. The average Bonchev–Trinajstić information content (AvgIpc) is 2.87. The molecule has 0 spiro atoms. The van der Waals surface area contributed by atoms with Crippen molar-refractivity contribution in [3.63, 3.8) is 0 Å². The molecule has 2 rings (SSSR count). The summed E-state index contributed by atoms with van der Waals surface area (Å²) in [6.45, 7) is 1.16. The molecule has 1 aromatic rings. The lowest BCUT2D eigenvalue weighted by atomic mass is 10.0. The van der Waals surface area contributed by atoms with E-state index < -0.39 is 5.97 Å². The Kier molecular flexibility index (Phi) is 4.16. The average molecular weight is 279 g/mol. The quantitative estimate of drug-likeness (QED) is 0.844. The Morgan fingerprint density at radius 1 is 1.45 bits per heavy atom. The zero-order valence-corrected chi connectivity index (χ0v) is 11.3. The number of nitrogens with zero attached hydrogens (tertiary/aromatic N) is 3. The number of amides is 1. The number of carbonyl (C=O) groups excluding carboxylic acids is 1. The van der Waals surface area contributed by atoms with Gasteiger partial charge in [-0.1, -0.05) is 0 Å². The minimum absolute atomic E-state index is 0.130. The summed E-state index contributed by atoms with van der Waals surface area (Å²) in [5.74, 6) is -0.796. The van der Waals surface area contributed by atoms with Crippen molar-refractivity contribution in [3.05, 3.63) is 28.2 Å². The van der Waals surface area contributed by atoms with E-state index >= 15 is 0 Å². The number of aliphatic carboxylic acids is 1. The van der Waals surface area contributed by atoms with Gasteiger partial charge in [-0.15, -0.1) is 0 Å². The molecule has 1 saturated heterocycles. The molecular weight excluding hydrogens is 262 g/mol. The van der Waals surface area contributed by atoms with E-state index in [9.17, 15) is 14.4 Å². The summed E-state index contributed by atoms with van der Waals surface area (Å²) in [5.41, 5.74) is -0.0201. The van der Waals surface area contributed by atoms with Crippen LogP contribution in [0.4, 0.5) is 0 Å². The molecule has 1 atom stereocenters. The highest BCUT2D eigenvalue weighted by atomic mass is 16.4. The molecule has 0 bridgehead atoms. The number of likely N-dealkylation sites (tertiary alicyclic amines) is 1. The van der Waals surface area contributed by atoms with Crippen molar-refractivity contribution in [2.24, 2.45) is 13.0 Å².